The molecule has 0 heterocycles. The number of ether oxygens (including phenoxy) is 1. The van der Waals surface area contributed by atoms with E-state index in [-0.39, 0.29) is 18.4 Å². The first-order chi connectivity index (χ1) is 8.06. The highest BCUT2D eigenvalue weighted by Gasteiger charge is 2.20. The van der Waals surface area contributed by atoms with Crippen LogP contribution in [-0.4, -0.2) is 18.4 Å². The zero-order valence-corrected chi connectivity index (χ0v) is 10.7. The number of hydrogen-bond donors (Lipinski definition) is 0. The van der Waals surface area contributed by atoms with Crippen molar-refractivity contribution in [1.29, 1.82) is 0 Å². The lowest BCUT2D eigenvalue weighted by Gasteiger charge is -2.08. The van der Waals surface area contributed by atoms with Gasteiger partial charge in [-0.1, -0.05) is 38.1 Å². The van der Waals surface area contributed by atoms with Crippen molar-refractivity contribution < 1.29 is 14.3 Å². The van der Waals surface area contributed by atoms with Gasteiger partial charge in [-0.25, -0.2) is 4.79 Å². The zero-order valence-electron chi connectivity index (χ0n) is 9.90. The first kappa shape index (κ1) is 13.7. The molecular formula is C13H15ClO3. The number of hydrogen-bond acceptors (Lipinski definition) is 3. The molecule has 0 saturated carbocycles. The normalized spacial score (nSPS) is 10.4. The number of carbonyl (C=O) groups excluding carboxylic acids is 2. The Bertz CT molecular complexity index is 413. The second-order valence-corrected chi connectivity index (χ2v) is 4.38. The number of Topliss-reactive ketones (excluding diaryl/α,β-unsaturated/α-hetero) is 1. The Kier molecular flexibility index (Phi) is 5.16. The van der Waals surface area contributed by atoms with E-state index < -0.39 is 11.8 Å². The molecule has 1 aromatic rings. The van der Waals surface area contributed by atoms with Crippen LogP contribution in [0.3, 0.4) is 0 Å². The molecule has 92 valence electrons. The second kappa shape index (κ2) is 6.40. The van der Waals surface area contributed by atoms with E-state index in [2.05, 4.69) is 0 Å². The first-order valence-electron chi connectivity index (χ1n) is 5.41. The summed E-state index contributed by atoms with van der Waals surface area (Å²) in [6.07, 6.45) is 0. The predicted molar refractivity (Wildman–Crippen MR) is 66.1 cm³/mol. The van der Waals surface area contributed by atoms with Crippen LogP contribution in [0.2, 0.25) is 0 Å². The fourth-order valence-corrected chi connectivity index (χ4v) is 1.51. The molecule has 1 rings (SSSR count). The minimum Gasteiger partial charge on any atom is -0.459 e. The summed E-state index contributed by atoms with van der Waals surface area (Å²) in [7, 11) is 0. The summed E-state index contributed by atoms with van der Waals surface area (Å²) in [5.74, 6) is -1.06. The molecule has 1 aromatic carbocycles. The monoisotopic (exact) mass is 254 g/mol. The van der Waals surface area contributed by atoms with Crippen molar-refractivity contribution in [3.05, 3.63) is 35.4 Å². The Hall–Kier alpha value is -1.35. The fraction of sp³-hybridized carbons (Fsp3) is 0.385. The van der Waals surface area contributed by atoms with Crippen LogP contribution in [0.25, 0.3) is 0 Å². The van der Waals surface area contributed by atoms with E-state index >= 15 is 0 Å². The molecule has 0 spiro atoms. The van der Waals surface area contributed by atoms with E-state index in [4.69, 9.17) is 16.3 Å². The van der Waals surface area contributed by atoms with Crippen LogP contribution < -0.4 is 0 Å². The molecule has 17 heavy (non-hydrogen) atoms. The molecule has 0 saturated heterocycles. The van der Waals surface area contributed by atoms with Crippen molar-refractivity contribution in [3.63, 3.8) is 0 Å². The number of ketones is 1. The third-order valence-corrected chi connectivity index (χ3v) is 2.43. The highest BCUT2D eigenvalue weighted by atomic mass is 35.5. The molecule has 3 nitrogen and oxygen atoms in total. The van der Waals surface area contributed by atoms with Gasteiger partial charge in [-0.3, -0.25) is 4.79 Å². The average molecular weight is 255 g/mol. The fourth-order valence-electron chi connectivity index (χ4n) is 1.28. The summed E-state index contributed by atoms with van der Waals surface area (Å²) >= 11 is 5.70. The van der Waals surface area contributed by atoms with Gasteiger partial charge in [0.25, 0.3) is 5.78 Å². The van der Waals surface area contributed by atoms with Crippen LogP contribution in [0, 0.1) is 5.92 Å². The van der Waals surface area contributed by atoms with Crippen LogP contribution >= 0.6 is 11.6 Å². The van der Waals surface area contributed by atoms with Crippen LogP contribution in [0.4, 0.5) is 0 Å². The molecule has 0 radical (unpaired) electrons. The van der Waals surface area contributed by atoms with Gasteiger partial charge in [-0.2, -0.15) is 0 Å². The van der Waals surface area contributed by atoms with Gasteiger partial charge in [0.1, 0.15) is 0 Å². The van der Waals surface area contributed by atoms with Crippen LogP contribution in [0.1, 0.15) is 29.8 Å². The Morgan fingerprint density at radius 1 is 1.29 bits per heavy atom. The van der Waals surface area contributed by atoms with E-state index in [1.54, 1.807) is 24.3 Å². The van der Waals surface area contributed by atoms with Crippen LogP contribution in [-0.2, 0) is 15.4 Å². The summed E-state index contributed by atoms with van der Waals surface area (Å²) in [6.45, 7) is 4.06. The third kappa shape index (κ3) is 3.86. The van der Waals surface area contributed by atoms with Crippen molar-refractivity contribution in [2.24, 2.45) is 5.92 Å². The lowest BCUT2D eigenvalue weighted by molar-refractivity contribution is -0.139. The van der Waals surface area contributed by atoms with Crippen molar-refractivity contribution >= 4 is 23.4 Å². The summed E-state index contributed by atoms with van der Waals surface area (Å²) < 4.78 is 4.89. The maximum Gasteiger partial charge on any atom is 0.379 e. The number of alkyl halides is 1. The lowest BCUT2D eigenvalue weighted by atomic mass is 10.1. The molecule has 0 atom stereocenters. The van der Waals surface area contributed by atoms with Gasteiger partial charge in [-0.15, -0.1) is 11.6 Å². The smallest absolute Gasteiger partial charge is 0.379 e. The third-order valence-electron chi connectivity index (χ3n) is 2.14. The van der Waals surface area contributed by atoms with Crippen LogP contribution in [0.5, 0.6) is 0 Å². The Balaban J connectivity index is 2.78. The molecule has 0 aliphatic rings. The molecule has 0 bridgehead atoms. The van der Waals surface area contributed by atoms with Gasteiger partial charge in [0.2, 0.25) is 0 Å². The van der Waals surface area contributed by atoms with Crippen molar-refractivity contribution in [3.8, 4) is 0 Å². The number of benzene rings is 1. The average Bonchev–Trinajstić information content (AvgIpc) is 2.34. The molecule has 0 aliphatic heterocycles. The molecule has 0 N–H and O–H groups in total. The largest absolute Gasteiger partial charge is 0.459 e. The van der Waals surface area contributed by atoms with Gasteiger partial charge in [0.05, 0.1) is 6.61 Å². The van der Waals surface area contributed by atoms with Gasteiger partial charge >= 0.3 is 5.97 Å². The number of rotatable bonds is 5. The summed E-state index contributed by atoms with van der Waals surface area (Å²) in [5, 5.41) is 0. The van der Waals surface area contributed by atoms with Gasteiger partial charge in [0.15, 0.2) is 0 Å². The Labute approximate surface area is 106 Å². The summed E-state index contributed by atoms with van der Waals surface area (Å²) in [5.41, 5.74) is 0.955. The van der Waals surface area contributed by atoms with Gasteiger partial charge in [0, 0.05) is 11.4 Å². The number of halogens is 1. The van der Waals surface area contributed by atoms with Gasteiger partial charge < -0.3 is 4.74 Å². The highest BCUT2D eigenvalue weighted by Crippen LogP contribution is 2.13. The first-order valence-corrected chi connectivity index (χ1v) is 5.95. The topological polar surface area (TPSA) is 43.4 Å². The summed E-state index contributed by atoms with van der Waals surface area (Å²) in [4.78, 5) is 23.3. The lowest BCUT2D eigenvalue weighted by Crippen LogP contribution is -2.20. The molecule has 0 aliphatic carbocycles. The molecule has 4 heteroatoms. The predicted octanol–water partition coefficient (Wildman–Crippen LogP) is 2.81. The molecule has 0 aromatic heterocycles. The van der Waals surface area contributed by atoms with E-state index in [0.29, 0.717) is 11.1 Å². The van der Waals surface area contributed by atoms with Gasteiger partial charge in [-0.05, 0) is 11.5 Å². The van der Waals surface area contributed by atoms with Crippen molar-refractivity contribution in [2.45, 2.75) is 19.7 Å². The highest BCUT2D eigenvalue weighted by molar-refractivity contribution is 6.41. The van der Waals surface area contributed by atoms with E-state index in [9.17, 15) is 9.59 Å². The minimum atomic E-state index is -0.823. The van der Waals surface area contributed by atoms with Crippen molar-refractivity contribution in [1.82, 2.24) is 0 Å². The van der Waals surface area contributed by atoms with Crippen LogP contribution in [0.15, 0.2) is 24.3 Å². The zero-order chi connectivity index (χ0) is 12.8. The second-order valence-electron chi connectivity index (χ2n) is 4.11. The quantitative estimate of drug-likeness (QED) is 0.351. The molecular weight excluding hydrogens is 240 g/mol. The molecule has 0 fully saturated rings. The molecule has 0 amide bonds. The number of carbonyl (C=O) groups is 2. The summed E-state index contributed by atoms with van der Waals surface area (Å²) in [6, 6.07) is 6.76. The maximum atomic E-state index is 11.8. The minimum absolute atomic E-state index is 0.194. The van der Waals surface area contributed by atoms with E-state index in [1.807, 2.05) is 13.8 Å². The Morgan fingerprint density at radius 2 is 1.94 bits per heavy atom. The van der Waals surface area contributed by atoms with E-state index in [0.717, 1.165) is 0 Å². The SMILES string of the molecule is CC(C)COC(=O)C(=O)c1ccccc1CCl. The standard InChI is InChI=1S/C13H15ClO3/c1-9(2)8-17-13(16)12(15)11-6-4-3-5-10(11)7-14/h3-6,9H,7-8H2,1-2H3. The maximum absolute atomic E-state index is 11.8. The van der Waals surface area contributed by atoms with E-state index in [1.165, 1.54) is 0 Å². The van der Waals surface area contributed by atoms with Crippen molar-refractivity contribution in [2.75, 3.05) is 6.61 Å². The molecule has 0 unspecified atom stereocenters. The number of esters is 1. The Morgan fingerprint density at radius 3 is 2.53 bits per heavy atom.